The molecule has 0 aromatic carbocycles. The molecule has 0 radical (unpaired) electrons. The van der Waals surface area contributed by atoms with E-state index in [1.165, 1.54) is 4.31 Å². The first-order valence-electron chi connectivity index (χ1n) is 7.08. The van der Waals surface area contributed by atoms with Crippen LogP contribution < -0.4 is 10.5 Å². The summed E-state index contributed by atoms with van der Waals surface area (Å²) in [5, 5.41) is 7.91. The van der Waals surface area contributed by atoms with Gasteiger partial charge in [0.2, 0.25) is 5.91 Å². The minimum Gasteiger partial charge on any atom is -0.372 e. The number of piperidine rings is 1. The van der Waals surface area contributed by atoms with Crippen molar-refractivity contribution in [3.63, 3.8) is 0 Å². The largest absolute Gasteiger partial charge is 0.372 e. The topological polar surface area (TPSA) is 102 Å². The van der Waals surface area contributed by atoms with E-state index in [1.54, 1.807) is 0 Å². The van der Waals surface area contributed by atoms with Crippen LogP contribution in [0.2, 0.25) is 0 Å². The Morgan fingerprint density at radius 1 is 1.35 bits per heavy atom. The Hall–Kier alpha value is -0.700. The van der Waals surface area contributed by atoms with E-state index in [4.69, 9.17) is 9.88 Å². The minimum atomic E-state index is -3.60. The highest BCUT2D eigenvalue weighted by Crippen LogP contribution is 2.11. The van der Waals surface area contributed by atoms with Gasteiger partial charge in [0.1, 0.15) is 6.61 Å². The van der Waals surface area contributed by atoms with Crippen molar-refractivity contribution in [3.05, 3.63) is 0 Å². The molecule has 1 rings (SSSR count). The number of nitrogens with zero attached hydrogens (tertiary/aromatic N) is 1. The molecule has 0 saturated carbocycles. The molecule has 8 heteroatoms. The van der Waals surface area contributed by atoms with Crippen molar-refractivity contribution in [3.8, 4) is 0 Å². The molecule has 0 aromatic heterocycles. The molecule has 0 bridgehead atoms. The molecular formula is C12H25N3O4S. The Balaban J connectivity index is 2.15. The van der Waals surface area contributed by atoms with Crippen molar-refractivity contribution in [2.45, 2.75) is 45.1 Å². The maximum Gasteiger partial charge on any atom is 0.276 e. The summed E-state index contributed by atoms with van der Waals surface area (Å²) in [6.45, 7) is 3.48. The number of nitrogens with two attached hydrogens (primary N) is 1. The van der Waals surface area contributed by atoms with Crippen LogP contribution >= 0.6 is 0 Å². The second kappa shape index (κ2) is 8.56. The SMILES string of the molecule is CCCCCOCC(=O)NC1CCN(S(N)(=O)=O)CC1. The molecule has 1 aliphatic rings. The molecule has 20 heavy (non-hydrogen) atoms. The van der Waals surface area contributed by atoms with E-state index in [0.29, 0.717) is 32.5 Å². The van der Waals surface area contributed by atoms with Crippen LogP contribution in [-0.2, 0) is 19.7 Å². The molecule has 3 N–H and O–H groups in total. The number of nitrogens with one attached hydrogen (secondary N) is 1. The lowest BCUT2D eigenvalue weighted by atomic mass is 10.1. The van der Waals surface area contributed by atoms with Gasteiger partial charge < -0.3 is 10.1 Å². The molecule has 0 aromatic rings. The second-order valence-electron chi connectivity index (χ2n) is 5.05. The van der Waals surface area contributed by atoms with Gasteiger partial charge in [0.15, 0.2) is 0 Å². The molecule has 1 aliphatic heterocycles. The fraction of sp³-hybridized carbons (Fsp3) is 0.917. The van der Waals surface area contributed by atoms with Crippen LogP contribution in [0.4, 0.5) is 0 Å². The Morgan fingerprint density at radius 2 is 2.00 bits per heavy atom. The molecule has 118 valence electrons. The number of carbonyl (C=O) groups is 1. The lowest BCUT2D eigenvalue weighted by Crippen LogP contribution is -2.48. The zero-order valence-corrected chi connectivity index (χ0v) is 12.8. The molecule has 7 nitrogen and oxygen atoms in total. The quantitative estimate of drug-likeness (QED) is 0.615. The van der Waals surface area contributed by atoms with Gasteiger partial charge in [0.05, 0.1) is 0 Å². The molecule has 0 atom stereocenters. The third-order valence-corrected chi connectivity index (χ3v) is 4.39. The van der Waals surface area contributed by atoms with Crippen LogP contribution in [0.1, 0.15) is 39.0 Å². The predicted octanol–water partition coefficient (Wildman–Crippen LogP) is -0.0227. The van der Waals surface area contributed by atoms with Crippen LogP contribution in [0.3, 0.4) is 0 Å². The van der Waals surface area contributed by atoms with E-state index in [2.05, 4.69) is 12.2 Å². The van der Waals surface area contributed by atoms with Crippen molar-refractivity contribution in [2.24, 2.45) is 5.14 Å². The highest BCUT2D eigenvalue weighted by molar-refractivity contribution is 7.86. The molecule has 1 saturated heterocycles. The zero-order valence-electron chi connectivity index (χ0n) is 12.0. The molecule has 1 amide bonds. The average Bonchev–Trinajstić information content (AvgIpc) is 2.38. The third kappa shape index (κ3) is 6.65. The second-order valence-corrected chi connectivity index (χ2v) is 6.59. The van der Waals surface area contributed by atoms with Crippen LogP contribution in [0, 0.1) is 0 Å². The fourth-order valence-electron chi connectivity index (χ4n) is 2.14. The standard InChI is InChI=1S/C12H25N3O4S/c1-2-3-4-9-19-10-12(16)14-11-5-7-15(8-6-11)20(13,17)18/h11H,2-10H2,1H3,(H,14,16)(H2,13,17,18). The Morgan fingerprint density at radius 3 is 2.55 bits per heavy atom. The van der Waals surface area contributed by atoms with E-state index >= 15 is 0 Å². The molecule has 1 fully saturated rings. The number of carbonyl (C=O) groups excluding carboxylic acids is 1. The fourth-order valence-corrected chi connectivity index (χ4v) is 2.86. The number of hydrogen-bond acceptors (Lipinski definition) is 4. The van der Waals surface area contributed by atoms with Gasteiger partial charge in [-0.25, -0.2) is 5.14 Å². The van der Waals surface area contributed by atoms with E-state index in [1.807, 2.05) is 0 Å². The summed E-state index contributed by atoms with van der Waals surface area (Å²) < 4.78 is 28.8. The van der Waals surface area contributed by atoms with Gasteiger partial charge in [-0.2, -0.15) is 12.7 Å². The lowest BCUT2D eigenvalue weighted by Gasteiger charge is -2.30. The van der Waals surface area contributed by atoms with Crippen molar-refractivity contribution < 1.29 is 17.9 Å². The van der Waals surface area contributed by atoms with Crippen molar-refractivity contribution in [2.75, 3.05) is 26.3 Å². The van der Waals surface area contributed by atoms with Crippen molar-refractivity contribution >= 4 is 16.1 Å². The van der Waals surface area contributed by atoms with Crippen molar-refractivity contribution in [1.29, 1.82) is 0 Å². The smallest absolute Gasteiger partial charge is 0.276 e. The van der Waals surface area contributed by atoms with Gasteiger partial charge in [0.25, 0.3) is 10.2 Å². The molecule has 1 heterocycles. The molecule has 0 spiro atoms. The van der Waals surface area contributed by atoms with Crippen molar-refractivity contribution in [1.82, 2.24) is 9.62 Å². The number of amides is 1. The zero-order chi connectivity index (χ0) is 15.0. The van der Waals surface area contributed by atoms with E-state index in [-0.39, 0.29) is 18.6 Å². The van der Waals surface area contributed by atoms with E-state index < -0.39 is 10.2 Å². The molecule has 0 unspecified atom stereocenters. The summed E-state index contributed by atoms with van der Waals surface area (Å²) in [4.78, 5) is 11.6. The number of rotatable bonds is 8. The normalized spacial score (nSPS) is 18.1. The maximum atomic E-state index is 11.6. The van der Waals surface area contributed by atoms with Gasteiger partial charge in [-0.05, 0) is 19.3 Å². The molecule has 0 aliphatic carbocycles. The lowest BCUT2D eigenvalue weighted by molar-refractivity contribution is -0.126. The van der Waals surface area contributed by atoms with E-state index in [9.17, 15) is 13.2 Å². The Bertz CT molecular complexity index is 392. The Kier molecular flexibility index (Phi) is 7.42. The third-order valence-electron chi connectivity index (χ3n) is 3.30. The first-order chi connectivity index (χ1) is 9.43. The van der Waals surface area contributed by atoms with Gasteiger partial charge in [-0.15, -0.1) is 0 Å². The summed E-state index contributed by atoms with van der Waals surface area (Å²) >= 11 is 0. The monoisotopic (exact) mass is 307 g/mol. The number of unbranched alkanes of at least 4 members (excludes halogenated alkanes) is 2. The van der Waals surface area contributed by atoms with Crippen LogP contribution in [0.25, 0.3) is 0 Å². The van der Waals surface area contributed by atoms with Gasteiger partial charge in [0, 0.05) is 25.7 Å². The van der Waals surface area contributed by atoms with Crippen LogP contribution in [0.5, 0.6) is 0 Å². The first kappa shape index (κ1) is 17.4. The highest BCUT2D eigenvalue weighted by Gasteiger charge is 2.26. The summed E-state index contributed by atoms with van der Waals surface area (Å²) in [6.07, 6.45) is 4.36. The van der Waals surface area contributed by atoms with Crippen LogP contribution in [0.15, 0.2) is 0 Å². The van der Waals surface area contributed by atoms with E-state index in [0.717, 1.165) is 19.3 Å². The summed E-state index contributed by atoms with van der Waals surface area (Å²) in [6, 6.07) is -0.000239. The predicted molar refractivity (Wildman–Crippen MR) is 76.2 cm³/mol. The molecular weight excluding hydrogens is 282 g/mol. The summed E-state index contributed by atoms with van der Waals surface area (Å²) in [5.74, 6) is -0.143. The average molecular weight is 307 g/mol. The number of hydrogen-bond donors (Lipinski definition) is 2. The minimum absolute atomic E-state index is 0.000239. The maximum absolute atomic E-state index is 11.6. The number of ether oxygens (including phenoxy) is 1. The summed E-state index contributed by atoms with van der Waals surface area (Å²) in [7, 11) is -3.60. The van der Waals surface area contributed by atoms with Gasteiger partial charge >= 0.3 is 0 Å². The Labute approximate surface area is 121 Å². The first-order valence-corrected chi connectivity index (χ1v) is 8.58. The summed E-state index contributed by atoms with van der Waals surface area (Å²) in [5.41, 5.74) is 0. The highest BCUT2D eigenvalue weighted by atomic mass is 32.2. The van der Waals surface area contributed by atoms with Gasteiger partial charge in [-0.1, -0.05) is 19.8 Å². The van der Waals surface area contributed by atoms with Gasteiger partial charge in [-0.3, -0.25) is 4.79 Å². The van der Waals surface area contributed by atoms with Crippen LogP contribution in [-0.4, -0.2) is 51.0 Å².